The number of aliphatic hydroxyl groups is 1. The molecule has 8 nitrogen and oxygen atoms in total. The molecule has 2 fully saturated rings. The van der Waals surface area contributed by atoms with Gasteiger partial charge in [0, 0.05) is 57.2 Å². The average Bonchev–Trinajstić information content (AvgIpc) is 2.86. The molecule has 2 aromatic rings. The highest BCUT2D eigenvalue weighted by Gasteiger charge is 2.22. The molecule has 8 heteroatoms. The normalized spacial score (nSPS) is 22.6. The van der Waals surface area contributed by atoms with Crippen molar-refractivity contribution in [1.82, 2.24) is 24.8 Å². The summed E-state index contributed by atoms with van der Waals surface area (Å²) < 4.78 is 0. The number of unbranched alkanes of at least 4 members (excludes halogenated alkanes) is 1. The van der Waals surface area contributed by atoms with Crippen molar-refractivity contribution in [3.8, 4) is 11.3 Å². The summed E-state index contributed by atoms with van der Waals surface area (Å²) in [5.74, 6) is 1.48. The van der Waals surface area contributed by atoms with Gasteiger partial charge < -0.3 is 20.6 Å². The molecule has 0 bridgehead atoms. The number of hydrogen-bond acceptors (Lipinski definition) is 8. The van der Waals surface area contributed by atoms with Crippen molar-refractivity contribution in [1.29, 1.82) is 0 Å². The maximum Gasteiger partial charge on any atom is 0.224 e. The van der Waals surface area contributed by atoms with Crippen LogP contribution in [-0.2, 0) is 6.54 Å². The highest BCUT2D eigenvalue weighted by molar-refractivity contribution is 5.73. The second kappa shape index (κ2) is 12.6. The lowest BCUT2D eigenvalue weighted by atomic mass is 9.93. The number of nitrogens with zero attached hydrogens (tertiary/aromatic N) is 5. The third-order valence-corrected chi connectivity index (χ3v) is 7.30. The van der Waals surface area contributed by atoms with Gasteiger partial charge in [-0.3, -0.25) is 9.88 Å². The first-order valence-corrected chi connectivity index (χ1v) is 13.4. The van der Waals surface area contributed by atoms with Crippen molar-refractivity contribution >= 4 is 11.8 Å². The summed E-state index contributed by atoms with van der Waals surface area (Å²) in [6.07, 6.45) is 10.7. The topological polar surface area (TPSA) is 89.4 Å². The van der Waals surface area contributed by atoms with Crippen molar-refractivity contribution in [2.75, 3.05) is 43.9 Å². The van der Waals surface area contributed by atoms with E-state index in [4.69, 9.17) is 9.97 Å². The predicted molar refractivity (Wildman–Crippen MR) is 143 cm³/mol. The van der Waals surface area contributed by atoms with Gasteiger partial charge in [0.1, 0.15) is 5.82 Å². The number of hydrogen-bond donors (Lipinski definition) is 3. The monoisotopic (exact) mass is 481 g/mol. The van der Waals surface area contributed by atoms with Gasteiger partial charge >= 0.3 is 0 Å². The van der Waals surface area contributed by atoms with Gasteiger partial charge in [-0.25, -0.2) is 4.98 Å². The Bertz CT molecular complexity index is 906. The van der Waals surface area contributed by atoms with Crippen molar-refractivity contribution in [2.24, 2.45) is 0 Å². The minimum absolute atomic E-state index is 0.177. The quantitative estimate of drug-likeness (QED) is 0.469. The van der Waals surface area contributed by atoms with Crippen LogP contribution in [0.3, 0.4) is 0 Å². The molecule has 35 heavy (non-hydrogen) atoms. The molecule has 3 N–H and O–H groups in total. The summed E-state index contributed by atoms with van der Waals surface area (Å²) >= 11 is 0. The first-order valence-electron chi connectivity index (χ1n) is 13.4. The lowest BCUT2D eigenvalue weighted by Crippen LogP contribution is -2.43. The number of aliphatic hydroxyl groups excluding tert-OH is 1. The zero-order valence-corrected chi connectivity index (χ0v) is 21.7. The molecule has 2 aromatic heterocycles. The standard InChI is InChI=1S/C27H43N7O/c1-4-5-6-20(2)30-27-29-18-24(26(32-27)31-22-8-10-23(35)11-9-22)25-12-7-21(17-28-25)19-34-15-13-33(3)14-16-34/h7,12,17-18,20,22-23,35H,4-6,8-11,13-16,19H2,1-3H3,(H2,29,30,31,32)/t20-,22-,23-/m0/s1. The first-order chi connectivity index (χ1) is 17.0. The van der Waals surface area contributed by atoms with Gasteiger partial charge in [0.05, 0.1) is 17.4 Å². The van der Waals surface area contributed by atoms with E-state index in [-0.39, 0.29) is 6.10 Å². The molecule has 1 atom stereocenters. The minimum Gasteiger partial charge on any atom is -0.393 e. The molecule has 0 amide bonds. The van der Waals surface area contributed by atoms with Gasteiger partial charge in [0.15, 0.2) is 0 Å². The minimum atomic E-state index is -0.177. The van der Waals surface area contributed by atoms with E-state index >= 15 is 0 Å². The molecule has 2 aliphatic rings. The number of likely N-dealkylation sites (N-methyl/N-ethyl adjacent to an activating group) is 1. The van der Waals surface area contributed by atoms with Crippen LogP contribution in [0, 0.1) is 0 Å². The van der Waals surface area contributed by atoms with Crippen LogP contribution in [0.4, 0.5) is 11.8 Å². The van der Waals surface area contributed by atoms with Crippen molar-refractivity contribution in [2.45, 2.75) is 83.5 Å². The number of pyridine rings is 1. The molecule has 1 aliphatic carbocycles. The van der Waals surface area contributed by atoms with E-state index in [9.17, 15) is 5.11 Å². The Morgan fingerprint density at radius 2 is 1.83 bits per heavy atom. The second-order valence-electron chi connectivity index (χ2n) is 10.4. The Hall–Kier alpha value is -2.29. The Balaban J connectivity index is 1.49. The summed E-state index contributed by atoms with van der Waals surface area (Å²) in [5, 5.41) is 17.0. The maximum atomic E-state index is 9.92. The smallest absolute Gasteiger partial charge is 0.224 e. The fourth-order valence-electron chi connectivity index (χ4n) is 4.91. The predicted octanol–water partition coefficient (Wildman–Crippen LogP) is 3.99. The van der Waals surface area contributed by atoms with Crippen molar-refractivity contribution in [3.63, 3.8) is 0 Å². The molecule has 0 radical (unpaired) electrons. The lowest BCUT2D eigenvalue weighted by Gasteiger charge is -2.32. The summed E-state index contributed by atoms with van der Waals surface area (Å²) in [5.41, 5.74) is 3.04. The fraction of sp³-hybridized carbons (Fsp3) is 0.667. The molecular weight excluding hydrogens is 438 g/mol. The molecule has 0 spiro atoms. The summed E-state index contributed by atoms with van der Waals surface area (Å²) in [4.78, 5) is 19.2. The number of nitrogens with one attached hydrogen (secondary N) is 2. The van der Waals surface area contributed by atoms with Crippen molar-refractivity contribution < 1.29 is 5.11 Å². The molecule has 3 heterocycles. The van der Waals surface area contributed by atoms with Gasteiger partial charge in [-0.05, 0) is 57.7 Å². The third-order valence-electron chi connectivity index (χ3n) is 7.30. The number of piperazine rings is 1. The van der Waals surface area contributed by atoms with Gasteiger partial charge in [-0.1, -0.05) is 25.8 Å². The molecule has 192 valence electrons. The van der Waals surface area contributed by atoms with Gasteiger partial charge in [-0.15, -0.1) is 0 Å². The maximum absolute atomic E-state index is 9.92. The molecule has 0 unspecified atom stereocenters. The highest BCUT2D eigenvalue weighted by atomic mass is 16.3. The number of aromatic nitrogens is 3. The zero-order valence-electron chi connectivity index (χ0n) is 21.7. The average molecular weight is 482 g/mol. The Kier molecular flexibility index (Phi) is 9.29. The molecular formula is C27H43N7O. The number of rotatable bonds is 10. The Morgan fingerprint density at radius 1 is 1.06 bits per heavy atom. The van der Waals surface area contributed by atoms with Gasteiger partial charge in [0.25, 0.3) is 0 Å². The van der Waals surface area contributed by atoms with E-state index < -0.39 is 0 Å². The van der Waals surface area contributed by atoms with E-state index in [2.05, 4.69) is 58.4 Å². The lowest BCUT2D eigenvalue weighted by molar-refractivity contribution is 0.126. The number of anilines is 2. The third kappa shape index (κ3) is 7.59. The van der Waals surface area contributed by atoms with E-state index in [0.29, 0.717) is 18.0 Å². The van der Waals surface area contributed by atoms with Crippen molar-refractivity contribution in [3.05, 3.63) is 30.1 Å². The fourth-order valence-corrected chi connectivity index (χ4v) is 4.91. The zero-order chi connectivity index (χ0) is 24.6. The molecule has 1 saturated heterocycles. The van der Waals surface area contributed by atoms with Crippen LogP contribution in [0.1, 0.15) is 64.4 Å². The second-order valence-corrected chi connectivity index (χ2v) is 10.4. The van der Waals surface area contributed by atoms with Crippen LogP contribution in [0.25, 0.3) is 11.3 Å². The van der Waals surface area contributed by atoms with Crippen LogP contribution < -0.4 is 10.6 Å². The Morgan fingerprint density at radius 3 is 2.51 bits per heavy atom. The van der Waals surface area contributed by atoms with E-state index in [1.807, 2.05) is 12.4 Å². The van der Waals surface area contributed by atoms with Crippen LogP contribution in [0.5, 0.6) is 0 Å². The molecule has 4 rings (SSSR count). The largest absolute Gasteiger partial charge is 0.393 e. The van der Waals surface area contributed by atoms with Crippen LogP contribution in [-0.4, -0.2) is 81.3 Å². The summed E-state index contributed by atoms with van der Waals surface area (Å²) in [7, 11) is 2.18. The molecule has 1 aliphatic heterocycles. The van der Waals surface area contributed by atoms with Crippen LogP contribution in [0.2, 0.25) is 0 Å². The highest BCUT2D eigenvalue weighted by Crippen LogP contribution is 2.29. The Labute approximate surface area is 210 Å². The van der Waals surface area contributed by atoms with E-state index in [1.165, 1.54) is 18.4 Å². The van der Waals surface area contributed by atoms with Crippen LogP contribution >= 0.6 is 0 Å². The molecule has 0 aromatic carbocycles. The molecule has 1 saturated carbocycles. The van der Waals surface area contributed by atoms with E-state index in [0.717, 1.165) is 81.9 Å². The SMILES string of the molecule is CCCC[C@H](C)Nc1ncc(-c2ccc(CN3CCN(C)CC3)cn2)c(N[C@H]2CC[C@H](O)CC2)n1. The van der Waals surface area contributed by atoms with E-state index in [1.54, 1.807) is 0 Å². The first kappa shape index (κ1) is 25.8. The van der Waals surface area contributed by atoms with Gasteiger partial charge in [0.2, 0.25) is 5.95 Å². The van der Waals surface area contributed by atoms with Crippen LogP contribution in [0.15, 0.2) is 24.5 Å². The van der Waals surface area contributed by atoms with Gasteiger partial charge in [-0.2, -0.15) is 4.98 Å². The summed E-state index contributed by atoms with van der Waals surface area (Å²) in [6.45, 7) is 9.77. The summed E-state index contributed by atoms with van der Waals surface area (Å²) in [6, 6.07) is 4.90.